The molecule has 1 aromatic carbocycles. The molecule has 9 heteroatoms. The van der Waals surface area contributed by atoms with Gasteiger partial charge in [-0.2, -0.15) is 0 Å². The molecule has 0 aromatic heterocycles. The van der Waals surface area contributed by atoms with Crippen LogP contribution in [0.1, 0.15) is 38.5 Å². The molecule has 2 aliphatic rings. The highest BCUT2D eigenvalue weighted by Gasteiger charge is 2.35. The monoisotopic (exact) mass is 462 g/mol. The molecular weight excluding hydrogens is 430 g/mol. The van der Waals surface area contributed by atoms with Gasteiger partial charge in [-0.15, -0.1) is 24.8 Å². The number of hydrogen-bond acceptors (Lipinski definition) is 4. The maximum absolute atomic E-state index is 12.9. The van der Waals surface area contributed by atoms with Crippen molar-refractivity contribution in [1.82, 2.24) is 9.80 Å². The first kappa shape index (κ1) is 26.6. The van der Waals surface area contributed by atoms with Crippen LogP contribution in [0, 0.1) is 11.2 Å². The zero-order chi connectivity index (χ0) is 20.0. The molecule has 0 spiro atoms. The summed E-state index contributed by atoms with van der Waals surface area (Å²) in [6.07, 6.45) is 6.24. The molecule has 30 heavy (non-hydrogen) atoms. The largest absolute Gasteiger partial charge is 0.340 e. The Labute approximate surface area is 190 Å². The molecular formula is C21H33Cl2FN4O2. The van der Waals surface area contributed by atoms with Gasteiger partial charge in [0.2, 0.25) is 11.8 Å². The summed E-state index contributed by atoms with van der Waals surface area (Å²) in [6.45, 7) is 3.50. The van der Waals surface area contributed by atoms with E-state index >= 15 is 0 Å². The van der Waals surface area contributed by atoms with E-state index in [9.17, 15) is 14.0 Å². The van der Waals surface area contributed by atoms with Crippen LogP contribution in [0.15, 0.2) is 24.3 Å². The fourth-order valence-corrected chi connectivity index (χ4v) is 4.28. The first-order chi connectivity index (χ1) is 13.5. The van der Waals surface area contributed by atoms with Crippen LogP contribution in [0.2, 0.25) is 0 Å². The fraction of sp³-hybridized carbons (Fsp3) is 0.619. The molecule has 1 aliphatic heterocycles. The van der Waals surface area contributed by atoms with Gasteiger partial charge in [0.05, 0.1) is 6.54 Å². The Kier molecular flexibility index (Phi) is 11.0. The van der Waals surface area contributed by atoms with E-state index in [2.05, 4.69) is 5.32 Å². The molecule has 3 rings (SSSR count). The van der Waals surface area contributed by atoms with Gasteiger partial charge < -0.3 is 16.0 Å². The van der Waals surface area contributed by atoms with Crippen molar-refractivity contribution in [1.29, 1.82) is 0 Å². The Morgan fingerprint density at radius 2 is 1.60 bits per heavy atom. The van der Waals surface area contributed by atoms with Crippen molar-refractivity contribution >= 4 is 42.3 Å². The molecule has 0 bridgehead atoms. The van der Waals surface area contributed by atoms with Crippen LogP contribution in [-0.2, 0) is 9.59 Å². The zero-order valence-electron chi connectivity index (χ0n) is 17.3. The smallest absolute Gasteiger partial charge is 0.238 e. The second kappa shape index (κ2) is 12.4. The van der Waals surface area contributed by atoms with Crippen molar-refractivity contribution < 1.29 is 14.0 Å². The molecule has 0 unspecified atom stereocenters. The molecule has 2 amide bonds. The maximum Gasteiger partial charge on any atom is 0.238 e. The number of piperazine rings is 1. The summed E-state index contributed by atoms with van der Waals surface area (Å²) in [5, 5.41) is 2.78. The van der Waals surface area contributed by atoms with E-state index in [-0.39, 0.29) is 54.4 Å². The molecule has 1 saturated heterocycles. The third kappa shape index (κ3) is 7.38. The number of rotatable bonds is 6. The van der Waals surface area contributed by atoms with Crippen molar-refractivity contribution in [3.8, 4) is 0 Å². The number of carbonyl (C=O) groups excluding carboxylic acids is 2. The topological polar surface area (TPSA) is 78.7 Å². The average molecular weight is 463 g/mol. The lowest BCUT2D eigenvalue weighted by Gasteiger charge is -2.39. The summed E-state index contributed by atoms with van der Waals surface area (Å²) >= 11 is 0. The minimum atomic E-state index is -0.330. The molecule has 1 aliphatic carbocycles. The molecule has 170 valence electrons. The summed E-state index contributed by atoms with van der Waals surface area (Å²) in [4.78, 5) is 28.9. The Morgan fingerprint density at radius 3 is 2.17 bits per heavy atom. The molecule has 0 atom stereocenters. The van der Waals surface area contributed by atoms with Gasteiger partial charge >= 0.3 is 0 Å². The Hall–Kier alpha value is -1.41. The normalized spacial score (nSPS) is 18.7. The van der Waals surface area contributed by atoms with E-state index in [0.29, 0.717) is 44.8 Å². The summed E-state index contributed by atoms with van der Waals surface area (Å²) in [6, 6.07) is 5.73. The van der Waals surface area contributed by atoms with Crippen molar-refractivity contribution in [2.75, 3.05) is 44.6 Å². The number of benzene rings is 1. The average Bonchev–Trinajstić information content (AvgIpc) is 2.71. The lowest BCUT2D eigenvalue weighted by atomic mass is 9.71. The van der Waals surface area contributed by atoms with E-state index in [1.165, 1.54) is 31.4 Å². The highest BCUT2D eigenvalue weighted by molar-refractivity contribution is 5.92. The predicted octanol–water partition coefficient (Wildman–Crippen LogP) is 3.05. The minimum Gasteiger partial charge on any atom is -0.340 e. The van der Waals surface area contributed by atoms with Crippen molar-refractivity contribution in [3.63, 3.8) is 0 Å². The lowest BCUT2D eigenvalue weighted by molar-refractivity contribution is -0.136. The third-order valence-corrected chi connectivity index (χ3v) is 6.09. The van der Waals surface area contributed by atoms with Gasteiger partial charge in [-0.25, -0.2) is 4.39 Å². The van der Waals surface area contributed by atoms with E-state index < -0.39 is 0 Å². The number of halogens is 3. The zero-order valence-corrected chi connectivity index (χ0v) is 18.9. The molecule has 2 fully saturated rings. The van der Waals surface area contributed by atoms with Gasteiger partial charge in [0.15, 0.2) is 0 Å². The Bertz CT molecular complexity index is 676. The van der Waals surface area contributed by atoms with E-state index in [1.807, 2.05) is 9.80 Å². The quantitative estimate of drug-likeness (QED) is 0.680. The number of amides is 2. The van der Waals surface area contributed by atoms with Gasteiger partial charge in [-0.3, -0.25) is 14.5 Å². The first-order valence-corrected chi connectivity index (χ1v) is 10.3. The second-order valence-corrected chi connectivity index (χ2v) is 8.15. The highest BCUT2D eigenvalue weighted by atomic mass is 35.5. The third-order valence-electron chi connectivity index (χ3n) is 6.09. The van der Waals surface area contributed by atoms with Crippen LogP contribution in [0.5, 0.6) is 0 Å². The van der Waals surface area contributed by atoms with Gasteiger partial charge in [0, 0.05) is 38.3 Å². The number of anilines is 1. The van der Waals surface area contributed by atoms with Crippen LogP contribution in [-0.4, -0.2) is 60.9 Å². The van der Waals surface area contributed by atoms with E-state index in [1.54, 1.807) is 12.1 Å². The van der Waals surface area contributed by atoms with Crippen LogP contribution < -0.4 is 11.1 Å². The van der Waals surface area contributed by atoms with Crippen LogP contribution in [0.4, 0.5) is 10.1 Å². The molecule has 1 heterocycles. The van der Waals surface area contributed by atoms with Gasteiger partial charge in [0.25, 0.3) is 0 Å². The summed E-state index contributed by atoms with van der Waals surface area (Å²) in [7, 11) is 0. The van der Waals surface area contributed by atoms with Gasteiger partial charge in [-0.05, 0) is 49.1 Å². The summed E-state index contributed by atoms with van der Waals surface area (Å²) in [5.41, 5.74) is 6.59. The van der Waals surface area contributed by atoms with Crippen LogP contribution in [0.25, 0.3) is 0 Å². The number of carbonyl (C=O) groups is 2. The molecule has 3 N–H and O–H groups in total. The van der Waals surface area contributed by atoms with Crippen molar-refractivity contribution in [3.05, 3.63) is 30.1 Å². The number of nitrogens with one attached hydrogen (secondary N) is 1. The van der Waals surface area contributed by atoms with Crippen molar-refractivity contribution in [2.45, 2.75) is 38.5 Å². The molecule has 1 aromatic rings. The fourth-order valence-electron chi connectivity index (χ4n) is 4.28. The maximum atomic E-state index is 12.9. The van der Waals surface area contributed by atoms with Gasteiger partial charge in [-0.1, -0.05) is 19.3 Å². The molecule has 6 nitrogen and oxygen atoms in total. The highest BCUT2D eigenvalue weighted by Crippen LogP contribution is 2.38. The van der Waals surface area contributed by atoms with Crippen LogP contribution in [0.3, 0.4) is 0 Å². The first-order valence-electron chi connectivity index (χ1n) is 10.3. The minimum absolute atomic E-state index is 0. The summed E-state index contributed by atoms with van der Waals surface area (Å²) < 4.78 is 12.9. The van der Waals surface area contributed by atoms with Gasteiger partial charge in [0.1, 0.15) is 5.82 Å². The Balaban J connectivity index is 0.00000225. The predicted molar refractivity (Wildman–Crippen MR) is 122 cm³/mol. The SMILES string of the molecule is Cl.Cl.NCC1(CC(=O)N2CCN(CC(=O)Nc3ccc(F)cc3)CC2)CCCCC1. The second-order valence-electron chi connectivity index (χ2n) is 8.15. The standard InChI is InChI=1S/C21H31FN4O2.2ClH/c22-17-4-6-18(7-5-17)24-19(27)15-25-10-12-26(13-11-25)20(28)14-21(16-23)8-2-1-3-9-21;;/h4-7H,1-3,8-16,23H2,(H,24,27);2*1H. The van der Waals surface area contributed by atoms with E-state index in [0.717, 1.165) is 12.8 Å². The number of nitrogens with two attached hydrogens (primary N) is 1. The number of nitrogens with zero attached hydrogens (tertiary/aromatic N) is 2. The van der Waals surface area contributed by atoms with Crippen molar-refractivity contribution in [2.24, 2.45) is 11.1 Å². The lowest BCUT2D eigenvalue weighted by Crippen LogP contribution is -2.51. The summed E-state index contributed by atoms with van der Waals surface area (Å²) in [5.74, 6) is -0.262. The van der Waals surface area contributed by atoms with Crippen LogP contribution >= 0.6 is 24.8 Å². The number of hydrogen-bond donors (Lipinski definition) is 2. The van der Waals surface area contributed by atoms with E-state index in [4.69, 9.17) is 5.73 Å². The molecule has 0 radical (unpaired) electrons. The Morgan fingerprint density at radius 1 is 1.00 bits per heavy atom. The molecule has 1 saturated carbocycles.